The number of carbonyl (C=O) groups is 2. The Hall–Kier alpha value is -3.10. The number of nitrogens with one attached hydrogen (secondary N) is 1. The van der Waals surface area contributed by atoms with E-state index in [2.05, 4.69) is 24.1 Å². The minimum atomic E-state index is -0.879. The maximum Gasteiger partial charge on any atom is 0.220 e. The predicted molar refractivity (Wildman–Crippen MR) is 150 cm³/mol. The topological polar surface area (TPSA) is 97.3 Å². The summed E-state index contributed by atoms with van der Waals surface area (Å²) in [6.07, 6.45) is 3.20. The van der Waals surface area contributed by atoms with Crippen LogP contribution in [0.5, 0.6) is 17.2 Å². The van der Waals surface area contributed by atoms with Crippen LogP contribution in [0.15, 0.2) is 42.5 Å². The van der Waals surface area contributed by atoms with Crippen LogP contribution in [0, 0.1) is 5.41 Å². The van der Waals surface area contributed by atoms with Crippen LogP contribution < -0.4 is 19.5 Å². The largest absolute Gasteiger partial charge is 0.497 e. The van der Waals surface area contributed by atoms with E-state index in [9.17, 15) is 14.7 Å². The van der Waals surface area contributed by atoms with Gasteiger partial charge in [-0.05, 0) is 73.2 Å². The fourth-order valence-corrected chi connectivity index (χ4v) is 5.31. The van der Waals surface area contributed by atoms with Gasteiger partial charge in [0.1, 0.15) is 25.1 Å². The first-order chi connectivity index (χ1) is 18.7. The van der Waals surface area contributed by atoms with Gasteiger partial charge in [-0.2, -0.15) is 0 Å². The number of methoxy groups -OCH3 is 1. The average molecular weight is 539 g/mol. The third-order valence-electron chi connectivity index (χ3n) is 7.57. The molecule has 0 bridgehead atoms. The third-order valence-corrected chi connectivity index (χ3v) is 7.57. The number of hydrogen-bond acceptors (Lipinski definition) is 7. The highest BCUT2D eigenvalue weighted by Gasteiger charge is 2.33. The van der Waals surface area contributed by atoms with Gasteiger partial charge in [-0.1, -0.05) is 26.3 Å². The monoisotopic (exact) mass is 538 g/mol. The Bertz CT molecular complexity index is 1120. The number of Topliss-reactive ketones (excluding diaryl/α,β-unsaturated/α-hetero) is 1. The Balaban J connectivity index is 1.29. The van der Waals surface area contributed by atoms with E-state index in [1.165, 1.54) is 0 Å². The summed E-state index contributed by atoms with van der Waals surface area (Å²) in [7, 11) is 1.60. The van der Waals surface area contributed by atoms with Gasteiger partial charge in [0.05, 0.1) is 13.2 Å². The minimum absolute atomic E-state index is 0.0865. The fraction of sp³-hybridized carbons (Fsp3) is 0.548. The normalized spacial score (nSPS) is 17.8. The molecule has 2 aromatic rings. The van der Waals surface area contributed by atoms with Gasteiger partial charge in [0, 0.05) is 31.5 Å². The van der Waals surface area contributed by atoms with E-state index in [1.54, 1.807) is 31.4 Å². The quantitative estimate of drug-likeness (QED) is 0.285. The van der Waals surface area contributed by atoms with Crippen LogP contribution in [0.1, 0.15) is 74.4 Å². The van der Waals surface area contributed by atoms with Crippen LogP contribution >= 0.6 is 0 Å². The van der Waals surface area contributed by atoms with Crippen molar-refractivity contribution in [2.45, 2.75) is 64.5 Å². The summed E-state index contributed by atoms with van der Waals surface area (Å²) in [5, 5.41) is 14.5. The zero-order valence-electron chi connectivity index (χ0n) is 23.4. The number of hydrogen-bond donors (Lipinski definition) is 2. The molecule has 0 saturated carbocycles. The molecule has 1 saturated heterocycles. The Morgan fingerprint density at radius 1 is 1.03 bits per heavy atom. The number of amides is 1. The van der Waals surface area contributed by atoms with Gasteiger partial charge in [-0.3, -0.25) is 9.59 Å². The van der Waals surface area contributed by atoms with Crippen LogP contribution in [-0.2, 0) is 4.79 Å². The highest BCUT2D eigenvalue weighted by atomic mass is 16.6. The second-order valence-electron chi connectivity index (χ2n) is 11.4. The molecule has 2 heterocycles. The van der Waals surface area contributed by atoms with Gasteiger partial charge in [0.25, 0.3) is 0 Å². The number of ether oxygens (including phenoxy) is 3. The van der Waals surface area contributed by atoms with Crippen LogP contribution in [0.2, 0.25) is 0 Å². The van der Waals surface area contributed by atoms with Crippen molar-refractivity contribution >= 4 is 11.7 Å². The molecule has 0 unspecified atom stereocenters. The van der Waals surface area contributed by atoms with E-state index in [-0.39, 0.29) is 17.1 Å². The van der Waals surface area contributed by atoms with Crippen LogP contribution in [0.25, 0.3) is 0 Å². The number of carbonyl (C=O) groups excluding carboxylic acids is 2. The van der Waals surface area contributed by atoms with Crippen LogP contribution in [0.3, 0.4) is 0 Å². The zero-order valence-corrected chi connectivity index (χ0v) is 23.4. The molecule has 4 rings (SSSR count). The molecule has 0 radical (unpaired) electrons. The summed E-state index contributed by atoms with van der Waals surface area (Å²) >= 11 is 0. The van der Waals surface area contributed by atoms with Crippen molar-refractivity contribution in [1.29, 1.82) is 0 Å². The predicted octanol–water partition coefficient (Wildman–Crippen LogP) is 4.55. The van der Waals surface area contributed by atoms with Crippen molar-refractivity contribution in [3.8, 4) is 17.2 Å². The van der Waals surface area contributed by atoms with Gasteiger partial charge in [-0.15, -0.1) is 0 Å². The summed E-state index contributed by atoms with van der Waals surface area (Å²) in [6, 6.07) is 12.2. The molecule has 0 aromatic heterocycles. The number of benzene rings is 2. The van der Waals surface area contributed by atoms with Crippen LogP contribution in [-0.4, -0.2) is 67.7 Å². The molecule has 2 N–H and O–H groups in total. The highest BCUT2D eigenvalue weighted by Crippen LogP contribution is 2.34. The summed E-state index contributed by atoms with van der Waals surface area (Å²) in [5.74, 6) is 2.03. The molecule has 1 fully saturated rings. The molecular formula is C31H42N2O6. The average Bonchev–Trinajstić information content (AvgIpc) is 3.29. The first-order valence-electron chi connectivity index (χ1n) is 14.0. The number of rotatable bonds is 13. The lowest BCUT2D eigenvalue weighted by Gasteiger charge is -2.30. The van der Waals surface area contributed by atoms with E-state index in [0.717, 1.165) is 38.1 Å². The van der Waals surface area contributed by atoms with Gasteiger partial charge < -0.3 is 29.5 Å². The molecule has 2 aliphatic rings. The highest BCUT2D eigenvalue weighted by molar-refractivity contribution is 5.96. The number of aliphatic hydroxyl groups is 1. The lowest BCUT2D eigenvalue weighted by atomic mass is 9.93. The molecule has 212 valence electrons. The SMILES string of the molecule is COc1ccc(C(=O)CCCCCC(=O)N[C@H](CN2CCC(C)(C)C2)[C@@H](O)c2ccc3c(c2)OCCO3)cc1. The molecule has 8 heteroatoms. The van der Waals surface area contributed by atoms with Gasteiger partial charge in [0.2, 0.25) is 5.91 Å². The van der Waals surface area contributed by atoms with Gasteiger partial charge in [-0.25, -0.2) is 0 Å². The summed E-state index contributed by atoms with van der Waals surface area (Å²) in [4.78, 5) is 27.7. The zero-order chi connectivity index (χ0) is 27.8. The smallest absolute Gasteiger partial charge is 0.220 e. The van der Waals surface area contributed by atoms with Gasteiger partial charge in [0.15, 0.2) is 17.3 Å². The van der Waals surface area contributed by atoms with E-state index < -0.39 is 12.1 Å². The number of nitrogens with zero attached hydrogens (tertiary/aromatic N) is 1. The Labute approximate surface area is 231 Å². The first-order valence-corrected chi connectivity index (χ1v) is 14.0. The molecule has 2 aromatic carbocycles. The molecule has 2 atom stereocenters. The lowest BCUT2D eigenvalue weighted by Crippen LogP contribution is -2.47. The van der Waals surface area contributed by atoms with E-state index in [1.807, 2.05) is 18.2 Å². The number of likely N-dealkylation sites (tertiary alicyclic amines) is 1. The van der Waals surface area contributed by atoms with Crippen molar-refractivity contribution in [2.24, 2.45) is 5.41 Å². The van der Waals surface area contributed by atoms with E-state index in [0.29, 0.717) is 61.6 Å². The Morgan fingerprint density at radius 2 is 1.74 bits per heavy atom. The van der Waals surface area contributed by atoms with Crippen molar-refractivity contribution < 1.29 is 28.9 Å². The maximum atomic E-state index is 12.9. The summed E-state index contributed by atoms with van der Waals surface area (Å²) in [5.41, 5.74) is 1.59. The number of ketones is 1. The second kappa shape index (κ2) is 13.3. The molecule has 1 amide bonds. The molecule has 2 aliphatic heterocycles. The fourth-order valence-electron chi connectivity index (χ4n) is 5.31. The summed E-state index contributed by atoms with van der Waals surface area (Å²) < 4.78 is 16.5. The minimum Gasteiger partial charge on any atom is -0.497 e. The lowest BCUT2D eigenvalue weighted by molar-refractivity contribution is -0.123. The van der Waals surface area contributed by atoms with Crippen molar-refractivity contribution in [3.63, 3.8) is 0 Å². The molecule has 0 spiro atoms. The maximum absolute atomic E-state index is 12.9. The molecule has 0 aliphatic carbocycles. The summed E-state index contributed by atoms with van der Waals surface area (Å²) in [6.45, 7) is 7.91. The molecule has 8 nitrogen and oxygen atoms in total. The standard InChI is InChI=1S/C31H42N2O6/c1-31(2)15-16-33(21-31)20-25(30(36)23-11-14-27-28(19-23)39-18-17-38-27)32-29(35)8-6-4-5-7-26(34)22-9-12-24(37-3)13-10-22/h9-14,19,25,30,36H,4-8,15-18,20-21H2,1-3H3,(H,32,35)/t25-,30+/m1/s1. The van der Waals surface area contributed by atoms with E-state index >= 15 is 0 Å². The van der Waals surface area contributed by atoms with Crippen molar-refractivity contribution in [2.75, 3.05) is 40.0 Å². The second-order valence-corrected chi connectivity index (χ2v) is 11.4. The third kappa shape index (κ3) is 8.19. The van der Waals surface area contributed by atoms with Crippen molar-refractivity contribution in [1.82, 2.24) is 10.2 Å². The first kappa shape index (κ1) is 28.9. The Kier molecular flexibility index (Phi) is 9.86. The van der Waals surface area contributed by atoms with E-state index in [4.69, 9.17) is 14.2 Å². The Morgan fingerprint density at radius 3 is 2.44 bits per heavy atom. The number of fused-ring (bicyclic) bond motifs is 1. The number of aliphatic hydroxyl groups excluding tert-OH is 1. The van der Waals surface area contributed by atoms with Crippen LogP contribution in [0.4, 0.5) is 0 Å². The van der Waals surface area contributed by atoms with Crippen molar-refractivity contribution in [3.05, 3.63) is 53.6 Å². The molecule has 39 heavy (non-hydrogen) atoms. The van der Waals surface area contributed by atoms with Gasteiger partial charge >= 0.3 is 0 Å². The number of unbranched alkanes of at least 4 members (excludes halogenated alkanes) is 2. The molecular weight excluding hydrogens is 496 g/mol.